The molecule has 4 rings (SSSR count). The molecule has 0 radical (unpaired) electrons. The van der Waals surface area contributed by atoms with E-state index in [2.05, 4.69) is 10.2 Å². The molecule has 3 aromatic rings. The molecular formula is C26H24F2N4O4. The minimum Gasteiger partial charge on any atom is -0.343 e. The Labute approximate surface area is 206 Å². The van der Waals surface area contributed by atoms with Gasteiger partial charge in [0.15, 0.2) is 0 Å². The van der Waals surface area contributed by atoms with Crippen molar-refractivity contribution in [2.24, 2.45) is 0 Å². The van der Waals surface area contributed by atoms with Gasteiger partial charge in [0, 0.05) is 43.9 Å². The van der Waals surface area contributed by atoms with Crippen molar-refractivity contribution in [2.45, 2.75) is 6.04 Å². The highest BCUT2D eigenvalue weighted by Crippen LogP contribution is 2.30. The smallest absolute Gasteiger partial charge is 0.270 e. The highest BCUT2D eigenvalue weighted by molar-refractivity contribution is 5.97. The second-order valence-electron chi connectivity index (χ2n) is 8.41. The van der Waals surface area contributed by atoms with Crippen LogP contribution >= 0.6 is 0 Å². The monoisotopic (exact) mass is 494 g/mol. The highest BCUT2D eigenvalue weighted by atomic mass is 19.1. The Kier molecular flexibility index (Phi) is 7.65. The van der Waals surface area contributed by atoms with Gasteiger partial charge >= 0.3 is 0 Å². The Hall–Kier alpha value is -4.18. The number of nitro groups is 1. The highest BCUT2D eigenvalue weighted by Gasteiger charge is 2.28. The quantitative estimate of drug-likeness (QED) is 0.401. The summed E-state index contributed by atoms with van der Waals surface area (Å²) in [6.45, 7) is 1.61. The van der Waals surface area contributed by atoms with E-state index >= 15 is 0 Å². The fraction of sp³-hybridized carbons (Fsp3) is 0.231. The van der Waals surface area contributed by atoms with Gasteiger partial charge in [0.05, 0.1) is 17.5 Å². The SMILES string of the molecule is O=C(NCC(=O)N1CCN(C(c2ccc(F)cc2)c2ccc(F)cc2)CC1)c1cccc([N+](=O)[O-])c1. The Balaban J connectivity index is 1.38. The maximum atomic E-state index is 13.5. The molecule has 3 aromatic carbocycles. The summed E-state index contributed by atoms with van der Waals surface area (Å²) in [6, 6.07) is 17.4. The van der Waals surface area contributed by atoms with Crippen LogP contribution in [0.15, 0.2) is 72.8 Å². The van der Waals surface area contributed by atoms with E-state index in [1.807, 2.05) is 0 Å². The number of nitrogens with one attached hydrogen (secondary N) is 1. The van der Waals surface area contributed by atoms with Crippen LogP contribution in [0.25, 0.3) is 0 Å². The molecule has 36 heavy (non-hydrogen) atoms. The van der Waals surface area contributed by atoms with Gasteiger partial charge in [-0.3, -0.25) is 24.6 Å². The lowest BCUT2D eigenvalue weighted by molar-refractivity contribution is -0.384. The number of halogens is 2. The van der Waals surface area contributed by atoms with Crippen LogP contribution in [-0.4, -0.2) is 59.3 Å². The molecule has 186 valence electrons. The normalized spacial score (nSPS) is 14.0. The molecule has 1 aliphatic heterocycles. The van der Waals surface area contributed by atoms with Gasteiger partial charge in [-0.1, -0.05) is 30.3 Å². The average Bonchev–Trinajstić information content (AvgIpc) is 2.90. The van der Waals surface area contributed by atoms with Crippen molar-refractivity contribution in [3.63, 3.8) is 0 Å². The van der Waals surface area contributed by atoms with Gasteiger partial charge in [-0.15, -0.1) is 0 Å². The molecule has 0 aromatic heterocycles. The zero-order valence-electron chi connectivity index (χ0n) is 19.3. The first-order chi connectivity index (χ1) is 17.3. The van der Waals surface area contributed by atoms with Crippen molar-refractivity contribution < 1.29 is 23.3 Å². The van der Waals surface area contributed by atoms with E-state index in [1.165, 1.54) is 42.5 Å². The molecular weight excluding hydrogens is 470 g/mol. The number of nitrogens with zero attached hydrogens (tertiary/aromatic N) is 3. The van der Waals surface area contributed by atoms with Crippen molar-refractivity contribution in [3.8, 4) is 0 Å². The molecule has 8 nitrogen and oxygen atoms in total. The van der Waals surface area contributed by atoms with Crippen molar-refractivity contribution in [1.82, 2.24) is 15.1 Å². The Morgan fingerprint density at radius 1 is 0.889 bits per heavy atom. The number of carbonyl (C=O) groups is 2. The molecule has 0 atom stereocenters. The van der Waals surface area contributed by atoms with Crippen molar-refractivity contribution in [3.05, 3.63) is 111 Å². The zero-order valence-corrected chi connectivity index (χ0v) is 19.3. The van der Waals surface area contributed by atoms with E-state index in [0.29, 0.717) is 26.2 Å². The topological polar surface area (TPSA) is 95.8 Å². The number of hydrogen-bond acceptors (Lipinski definition) is 5. The number of benzene rings is 3. The molecule has 0 spiro atoms. The zero-order chi connectivity index (χ0) is 25.7. The fourth-order valence-corrected chi connectivity index (χ4v) is 4.26. The molecule has 10 heteroatoms. The van der Waals surface area contributed by atoms with E-state index in [1.54, 1.807) is 29.2 Å². The van der Waals surface area contributed by atoms with Crippen molar-refractivity contribution in [2.75, 3.05) is 32.7 Å². The molecule has 0 aliphatic carbocycles. The number of piperazine rings is 1. The van der Waals surface area contributed by atoms with E-state index in [-0.39, 0.29) is 41.4 Å². The molecule has 0 unspecified atom stereocenters. The van der Waals surface area contributed by atoms with Crippen molar-refractivity contribution >= 4 is 17.5 Å². The predicted molar refractivity (Wildman–Crippen MR) is 128 cm³/mol. The van der Waals surface area contributed by atoms with E-state index in [4.69, 9.17) is 0 Å². The maximum Gasteiger partial charge on any atom is 0.270 e. The van der Waals surface area contributed by atoms with Gasteiger partial charge < -0.3 is 10.2 Å². The van der Waals surface area contributed by atoms with Gasteiger partial charge in [-0.2, -0.15) is 0 Å². The summed E-state index contributed by atoms with van der Waals surface area (Å²) < 4.78 is 27.0. The predicted octanol–water partition coefficient (Wildman–Crippen LogP) is 3.54. The summed E-state index contributed by atoms with van der Waals surface area (Å²) in [5.74, 6) is -1.54. The van der Waals surface area contributed by atoms with E-state index in [9.17, 15) is 28.5 Å². The van der Waals surface area contributed by atoms with Gasteiger partial charge in [0.2, 0.25) is 5.91 Å². The lowest BCUT2D eigenvalue weighted by Crippen LogP contribution is -2.52. The third-order valence-corrected chi connectivity index (χ3v) is 6.12. The Bertz CT molecular complexity index is 1200. The second-order valence-corrected chi connectivity index (χ2v) is 8.41. The largest absolute Gasteiger partial charge is 0.343 e. The van der Waals surface area contributed by atoms with Gasteiger partial charge in [-0.05, 0) is 41.5 Å². The molecule has 0 bridgehead atoms. The average molecular weight is 494 g/mol. The Morgan fingerprint density at radius 2 is 1.44 bits per heavy atom. The van der Waals surface area contributed by atoms with Crippen LogP contribution in [-0.2, 0) is 4.79 Å². The van der Waals surface area contributed by atoms with Gasteiger partial charge in [-0.25, -0.2) is 8.78 Å². The molecule has 1 N–H and O–H groups in total. The summed E-state index contributed by atoms with van der Waals surface area (Å²) in [7, 11) is 0. The molecule has 1 heterocycles. The summed E-state index contributed by atoms with van der Waals surface area (Å²) in [6.07, 6.45) is 0. The summed E-state index contributed by atoms with van der Waals surface area (Å²) in [5, 5.41) is 13.4. The molecule has 1 aliphatic rings. The third kappa shape index (κ3) is 5.89. The summed E-state index contributed by atoms with van der Waals surface area (Å²) in [5.41, 5.74) is 1.60. The standard InChI is InChI=1S/C26H24F2N4O4/c27-21-8-4-18(5-9-21)25(19-6-10-22(28)11-7-19)31-14-12-30(13-15-31)24(33)17-29-26(34)20-2-1-3-23(16-20)32(35)36/h1-11,16,25H,12-15,17H2,(H,29,34). The first-order valence-corrected chi connectivity index (χ1v) is 11.4. The number of non-ortho nitro benzene ring substituents is 1. The van der Waals surface area contributed by atoms with Crippen LogP contribution in [0.1, 0.15) is 27.5 Å². The first-order valence-electron chi connectivity index (χ1n) is 11.4. The summed E-state index contributed by atoms with van der Waals surface area (Å²) >= 11 is 0. The van der Waals surface area contributed by atoms with Crippen LogP contribution in [0.2, 0.25) is 0 Å². The number of carbonyl (C=O) groups excluding carboxylic acids is 2. The van der Waals surface area contributed by atoms with Crippen LogP contribution in [0.4, 0.5) is 14.5 Å². The van der Waals surface area contributed by atoms with Crippen LogP contribution in [0.5, 0.6) is 0 Å². The van der Waals surface area contributed by atoms with Crippen LogP contribution in [0.3, 0.4) is 0 Å². The van der Waals surface area contributed by atoms with Crippen molar-refractivity contribution in [1.29, 1.82) is 0 Å². The third-order valence-electron chi connectivity index (χ3n) is 6.12. The summed E-state index contributed by atoms with van der Waals surface area (Å²) in [4.78, 5) is 39.1. The lowest BCUT2D eigenvalue weighted by Gasteiger charge is -2.39. The molecule has 2 amide bonds. The molecule has 1 fully saturated rings. The number of rotatable bonds is 7. The Morgan fingerprint density at radius 3 is 1.97 bits per heavy atom. The van der Waals surface area contributed by atoms with Gasteiger partial charge in [0.25, 0.3) is 11.6 Å². The minimum atomic E-state index is -0.591. The second kappa shape index (κ2) is 11.0. The van der Waals surface area contributed by atoms with E-state index in [0.717, 1.165) is 17.2 Å². The number of amides is 2. The fourth-order valence-electron chi connectivity index (χ4n) is 4.26. The number of nitro benzene ring substituents is 1. The van der Waals surface area contributed by atoms with Gasteiger partial charge in [0.1, 0.15) is 11.6 Å². The van der Waals surface area contributed by atoms with E-state index < -0.39 is 10.8 Å². The maximum absolute atomic E-state index is 13.5. The van der Waals surface area contributed by atoms with Crippen LogP contribution < -0.4 is 5.32 Å². The molecule has 1 saturated heterocycles. The first kappa shape index (κ1) is 24.9. The minimum absolute atomic E-state index is 0.100. The number of hydrogen-bond donors (Lipinski definition) is 1. The van der Waals surface area contributed by atoms with Crippen LogP contribution in [0, 0.1) is 21.7 Å². The molecule has 0 saturated carbocycles. The lowest BCUT2D eigenvalue weighted by atomic mass is 9.96.